The van der Waals surface area contributed by atoms with E-state index in [1.165, 1.54) is 12.3 Å². The van der Waals surface area contributed by atoms with Crippen molar-refractivity contribution >= 4 is 0 Å². The molecule has 0 aliphatic carbocycles. The summed E-state index contributed by atoms with van der Waals surface area (Å²) in [6, 6.07) is 3.14. The van der Waals surface area contributed by atoms with Gasteiger partial charge >= 0.3 is 0 Å². The summed E-state index contributed by atoms with van der Waals surface area (Å²) < 4.78 is 19.0. The molecule has 4 heteroatoms. The number of ether oxygens (including phenoxy) is 1. The number of hydrogen-bond acceptors (Lipinski definition) is 3. The van der Waals surface area contributed by atoms with Crippen LogP contribution in [0.5, 0.6) is 0 Å². The van der Waals surface area contributed by atoms with E-state index in [2.05, 4.69) is 24.1 Å². The molecular weight excluding hydrogens is 231 g/mol. The molecule has 2 atom stereocenters. The van der Waals surface area contributed by atoms with Crippen LogP contribution in [0, 0.1) is 11.7 Å². The predicted octanol–water partition coefficient (Wildman–Crippen LogP) is 2.69. The maximum Gasteiger partial charge on any atom is 0.141 e. The van der Waals surface area contributed by atoms with E-state index in [-0.39, 0.29) is 18.0 Å². The molecule has 1 aromatic heterocycles. The number of morpholine rings is 1. The topological polar surface area (TPSA) is 34.2 Å². The average Bonchev–Trinajstić information content (AvgIpc) is 2.41. The highest BCUT2D eigenvalue weighted by molar-refractivity contribution is 5.09. The molecule has 2 rings (SSSR count). The van der Waals surface area contributed by atoms with Crippen LogP contribution < -0.4 is 5.32 Å². The number of nitrogens with zero attached hydrogens (tertiary/aromatic N) is 1. The van der Waals surface area contributed by atoms with Gasteiger partial charge in [0, 0.05) is 13.1 Å². The van der Waals surface area contributed by atoms with E-state index in [9.17, 15) is 4.39 Å². The second-order valence-corrected chi connectivity index (χ2v) is 4.80. The smallest absolute Gasteiger partial charge is 0.141 e. The predicted molar refractivity (Wildman–Crippen MR) is 68.8 cm³/mol. The molecule has 2 heterocycles. The fourth-order valence-electron chi connectivity index (χ4n) is 2.51. The summed E-state index contributed by atoms with van der Waals surface area (Å²) in [7, 11) is 0. The number of rotatable bonds is 4. The van der Waals surface area contributed by atoms with Crippen LogP contribution in [0.25, 0.3) is 0 Å². The molecule has 100 valence electrons. The highest BCUT2D eigenvalue weighted by atomic mass is 19.1. The van der Waals surface area contributed by atoms with Crippen molar-refractivity contribution in [3.05, 3.63) is 29.8 Å². The molecule has 2 unspecified atom stereocenters. The first-order valence-electron chi connectivity index (χ1n) is 6.72. The molecule has 0 spiro atoms. The summed E-state index contributed by atoms with van der Waals surface area (Å²) in [6.45, 7) is 6.02. The zero-order valence-corrected chi connectivity index (χ0v) is 11.0. The molecule has 1 aliphatic rings. The molecule has 1 aromatic rings. The number of halogens is 1. The van der Waals surface area contributed by atoms with Gasteiger partial charge in [0.05, 0.1) is 18.0 Å². The standard InChI is InChI=1S/C14H21FN2O/c1-3-10(4-2)13-8-16-9-14(18-13)12-6-5-11(15)7-17-12/h5-7,10,13-14,16H,3-4,8-9H2,1-2H3. The summed E-state index contributed by atoms with van der Waals surface area (Å²) in [6.07, 6.45) is 3.65. The van der Waals surface area contributed by atoms with E-state index in [0.29, 0.717) is 5.92 Å². The van der Waals surface area contributed by atoms with Crippen LogP contribution in [-0.2, 0) is 4.74 Å². The molecule has 0 saturated carbocycles. The average molecular weight is 252 g/mol. The van der Waals surface area contributed by atoms with Crippen molar-refractivity contribution in [1.82, 2.24) is 10.3 Å². The molecule has 0 radical (unpaired) electrons. The normalized spacial score (nSPS) is 24.4. The fourth-order valence-corrected chi connectivity index (χ4v) is 2.51. The van der Waals surface area contributed by atoms with E-state index in [1.807, 2.05) is 0 Å². The van der Waals surface area contributed by atoms with Gasteiger partial charge in [-0.1, -0.05) is 26.7 Å². The minimum atomic E-state index is -0.306. The summed E-state index contributed by atoms with van der Waals surface area (Å²) in [5, 5.41) is 3.39. The monoisotopic (exact) mass is 252 g/mol. The van der Waals surface area contributed by atoms with Gasteiger partial charge in [-0.25, -0.2) is 4.39 Å². The van der Waals surface area contributed by atoms with Gasteiger partial charge in [-0.2, -0.15) is 0 Å². The first-order chi connectivity index (χ1) is 8.74. The van der Waals surface area contributed by atoms with Gasteiger partial charge in [0.1, 0.15) is 11.9 Å². The van der Waals surface area contributed by atoms with Crippen molar-refractivity contribution in [2.45, 2.75) is 38.9 Å². The first kappa shape index (κ1) is 13.4. The summed E-state index contributed by atoms with van der Waals surface area (Å²) >= 11 is 0. The second kappa shape index (κ2) is 6.25. The number of pyridine rings is 1. The molecule has 0 amide bonds. The van der Waals surface area contributed by atoms with Crippen molar-refractivity contribution in [2.24, 2.45) is 5.92 Å². The quantitative estimate of drug-likeness (QED) is 0.894. The zero-order chi connectivity index (χ0) is 13.0. The highest BCUT2D eigenvalue weighted by Crippen LogP contribution is 2.26. The van der Waals surface area contributed by atoms with Crippen molar-refractivity contribution in [2.75, 3.05) is 13.1 Å². The number of nitrogens with one attached hydrogen (secondary N) is 1. The van der Waals surface area contributed by atoms with Gasteiger partial charge in [-0.05, 0) is 18.1 Å². The van der Waals surface area contributed by atoms with Crippen molar-refractivity contribution in [1.29, 1.82) is 0 Å². The lowest BCUT2D eigenvalue weighted by atomic mass is 9.95. The highest BCUT2D eigenvalue weighted by Gasteiger charge is 2.28. The van der Waals surface area contributed by atoms with Gasteiger partial charge < -0.3 is 10.1 Å². The Kier molecular flexibility index (Phi) is 4.66. The van der Waals surface area contributed by atoms with Crippen LogP contribution in [0.1, 0.15) is 38.5 Å². The van der Waals surface area contributed by atoms with Crippen LogP contribution in [0.3, 0.4) is 0 Å². The molecule has 1 aliphatic heterocycles. The van der Waals surface area contributed by atoms with Gasteiger partial charge in [0.15, 0.2) is 0 Å². The Morgan fingerprint density at radius 3 is 2.78 bits per heavy atom. The molecule has 18 heavy (non-hydrogen) atoms. The minimum absolute atomic E-state index is 0.0649. The largest absolute Gasteiger partial charge is 0.366 e. The number of hydrogen-bond donors (Lipinski definition) is 1. The lowest BCUT2D eigenvalue weighted by Crippen LogP contribution is -2.44. The molecule has 1 N–H and O–H groups in total. The summed E-state index contributed by atoms with van der Waals surface area (Å²) in [5.41, 5.74) is 0.805. The van der Waals surface area contributed by atoms with Crippen molar-refractivity contribution < 1.29 is 9.13 Å². The van der Waals surface area contributed by atoms with E-state index >= 15 is 0 Å². The molecular formula is C14H21FN2O. The van der Waals surface area contributed by atoms with Crippen LogP contribution in [0.15, 0.2) is 18.3 Å². The Bertz CT molecular complexity index is 365. The molecule has 0 bridgehead atoms. The molecule has 0 aromatic carbocycles. The molecule has 1 saturated heterocycles. The third kappa shape index (κ3) is 3.06. The summed E-state index contributed by atoms with van der Waals surface area (Å²) in [4.78, 5) is 4.11. The lowest BCUT2D eigenvalue weighted by molar-refractivity contribution is -0.0705. The van der Waals surface area contributed by atoms with E-state index in [0.717, 1.165) is 31.6 Å². The van der Waals surface area contributed by atoms with Crippen LogP contribution in [-0.4, -0.2) is 24.2 Å². The van der Waals surface area contributed by atoms with Crippen LogP contribution in [0.4, 0.5) is 4.39 Å². The van der Waals surface area contributed by atoms with Gasteiger partial charge in [-0.3, -0.25) is 4.98 Å². The van der Waals surface area contributed by atoms with E-state index in [4.69, 9.17) is 4.74 Å². The van der Waals surface area contributed by atoms with Crippen molar-refractivity contribution in [3.63, 3.8) is 0 Å². The molecule has 1 fully saturated rings. The SMILES string of the molecule is CCC(CC)C1CNCC(c2ccc(F)cn2)O1. The van der Waals surface area contributed by atoms with Gasteiger partial charge in [0.25, 0.3) is 0 Å². The van der Waals surface area contributed by atoms with E-state index < -0.39 is 0 Å². The Balaban J connectivity index is 2.04. The maximum atomic E-state index is 12.8. The maximum absolute atomic E-state index is 12.8. The Morgan fingerprint density at radius 2 is 2.17 bits per heavy atom. The Hall–Kier alpha value is -1.00. The van der Waals surface area contributed by atoms with E-state index in [1.54, 1.807) is 6.07 Å². The summed E-state index contributed by atoms with van der Waals surface area (Å²) in [5.74, 6) is 0.264. The third-order valence-electron chi connectivity index (χ3n) is 3.67. The van der Waals surface area contributed by atoms with Crippen LogP contribution >= 0.6 is 0 Å². The first-order valence-corrected chi connectivity index (χ1v) is 6.72. The van der Waals surface area contributed by atoms with Crippen LogP contribution in [0.2, 0.25) is 0 Å². The minimum Gasteiger partial charge on any atom is -0.366 e. The Labute approximate surface area is 108 Å². The number of aromatic nitrogens is 1. The second-order valence-electron chi connectivity index (χ2n) is 4.80. The lowest BCUT2D eigenvalue weighted by Gasteiger charge is -2.34. The Morgan fingerprint density at radius 1 is 1.39 bits per heavy atom. The third-order valence-corrected chi connectivity index (χ3v) is 3.67. The van der Waals surface area contributed by atoms with Gasteiger partial charge in [-0.15, -0.1) is 0 Å². The molecule has 3 nitrogen and oxygen atoms in total. The van der Waals surface area contributed by atoms with Gasteiger partial charge in [0.2, 0.25) is 0 Å². The fraction of sp³-hybridized carbons (Fsp3) is 0.643. The zero-order valence-electron chi connectivity index (χ0n) is 11.0. The van der Waals surface area contributed by atoms with Crippen molar-refractivity contribution in [3.8, 4) is 0 Å².